The quantitative estimate of drug-likeness (QED) is 0.115. The lowest BCUT2D eigenvalue weighted by atomic mass is 10.1. The third-order valence-corrected chi connectivity index (χ3v) is 6.75. The van der Waals surface area contributed by atoms with E-state index < -0.39 is 41.4 Å². The molecule has 0 aliphatic rings. The van der Waals surface area contributed by atoms with Gasteiger partial charge in [-0.05, 0) is 80.4 Å². The number of carbonyl (C=O) groups is 4. The van der Waals surface area contributed by atoms with Crippen LogP contribution in [-0.2, 0) is 22.3 Å². The van der Waals surface area contributed by atoms with Gasteiger partial charge in [-0.1, -0.05) is 43.5 Å². The Balaban J connectivity index is 1.58. The molecule has 0 aliphatic heterocycles. The first-order valence-corrected chi connectivity index (χ1v) is 14.6. The highest BCUT2D eigenvalue weighted by molar-refractivity contribution is 6.06. The van der Waals surface area contributed by atoms with E-state index in [0.717, 1.165) is 29.8 Å². The van der Waals surface area contributed by atoms with Crippen molar-refractivity contribution in [2.45, 2.75) is 39.5 Å². The van der Waals surface area contributed by atoms with Crippen LogP contribution in [0.25, 0.3) is 0 Å². The van der Waals surface area contributed by atoms with Crippen LogP contribution in [0.3, 0.4) is 0 Å². The first-order valence-electron chi connectivity index (χ1n) is 14.6. The van der Waals surface area contributed by atoms with E-state index in [1.807, 2.05) is 6.07 Å². The van der Waals surface area contributed by atoms with Gasteiger partial charge < -0.3 is 26.6 Å². The van der Waals surface area contributed by atoms with Crippen molar-refractivity contribution in [3.05, 3.63) is 131 Å². The fourth-order valence-corrected chi connectivity index (χ4v) is 4.11. The molecule has 0 spiro atoms. The van der Waals surface area contributed by atoms with Gasteiger partial charge in [0, 0.05) is 29.0 Å². The van der Waals surface area contributed by atoms with Gasteiger partial charge in [0.2, 0.25) is 11.8 Å². The summed E-state index contributed by atoms with van der Waals surface area (Å²) in [7, 11) is 0. The number of allylic oxidation sites excluding steroid dienone is 2. The Labute approximate surface area is 275 Å². The number of alkyl halides is 3. The van der Waals surface area contributed by atoms with Gasteiger partial charge >= 0.3 is 6.18 Å². The number of benzene rings is 3. The summed E-state index contributed by atoms with van der Waals surface area (Å²) in [5.74, 6) is -1.83. The molecule has 0 saturated heterocycles. The Kier molecular flexibility index (Phi) is 12.6. The third kappa shape index (κ3) is 10.8. The third-order valence-electron chi connectivity index (χ3n) is 6.75. The van der Waals surface area contributed by atoms with E-state index in [9.17, 15) is 32.3 Å². The standard InChI is InChI=1S/C35H35F3N6O4/c1-6-27(20-40-23(5)39-19-24-10-8-13-28(16-24)43-32(46)22(4)41-31(45)7-2)42-34(48)30-18-29(15-14-21(30)3)44-33(47)25-11-9-12-26(17-25)35(36,37)38/h6-18,20,22,39H,2,5,19H2,1,3-4H3,(H,41,45)(H,42,48)(H,43,46)(H,44,47)/b27-6+,40-20-. The van der Waals surface area contributed by atoms with Crippen LogP contribution in [0.4, 0.5) is 24.5 Å². The monoisotopic (exact) mass is 660 g/mol. The number of nitrogens with one attached hydrogen (secondary N) is 5. The summed E-state index contributed by atoms with van der Waals surface area (Å²) in [6, 6.07) is 14.9. The van der Waals surface area contributed by atoms with Crippen molar-refractivity contribution in [1.29, 1.82) is 0 Å². The number of anilines is 2. The van der Waals surface area contributed by atoms with Crippen LogP contribution in [0.2, 0.25) is 0 Å². The summed E-state index contributed by atoms with van der Waals surface area (Å²) in [4.78, 5) is 53.8. The molecular weight excluding hydrogens is 625 g/mol. The molecule has 1 atom stereocenters. The molecule has 0 heterocycles. The molecule has 0 saturated carbocycles. The van der Waals surface area contributed by atoms with Gasteiger partial charge in [0.15, 0.2) is 0 Å². The summed E-state index contributed by atoms with van der Waals surface area (Å²) >= 11 is 0. The molecule has 1 unspecified atom stereocenters. The fraction of sp³-hybridized carbons (Fsp3) is 0.171. The maximum atomic E-state index is 13.1. The zero-order chi connectivity index (χ0) is 35.4. The largest absolute Gasteiger partial charge is 0.416 e. The van der Waals surface area contributed by atoms with E-state index in [0.29, 0.717) is 23.5 Å². The summed E-state index contributed by atoms with van der Waals surface area (Å²) in [6.45, 7) is 12.5. The second kappa shape index (κ2) is 16.5. The normalized spacial score (nSPS) is 12.1. The molecule has 0 radical (unpaired) electrons. The first kappa shape index (κ1) is 36.5. The topological polar surface area (TPSA) is 141 Å². The molecule has 0 fully saturated rings. The van der Waals surface area contributed by atoms with Gasteiger partial charge in [-0.15, -0.1) is 0 Å². The Bertz CT molecular complexity index is 1780. The van der Waals surface area contributed by atoms with E-state index in [1.165, 1.54) is 18.3 Å². The van der Waals surface area contributed by atoms with E-state index in [4.69, 9.17) is 0 Å². The molecular formula is C35H35F3N6O4. The van der Waals surface area contributed by atoms with Crippen LogP contribution in [0.5, 0.6) is 0 Å². The molecule has 0 aliphatic carbocycles. The van der Waals surface area contributed by atoms with Gasteiger partial charge in [0.05, 0.1) is 17.5 Å². The number of aliphatic imine (C=N–C) groups is 1. The average Bonchev–Trinajstić information content (AvgIpc) is 3.06. The average molecular weight is 661 g/mol. The van der Waals surface area contributed by atoms with Gasteiger partial charge in [0.25, 0.3) is 11.8 Å². The second-order valence-corrected chi connectivity index (χ2v) is 10.4. The molecule has 5 N–H and O–H groups in total. The summed E-state index contributed by atoms with van der Waals surface area (Å²) in [6.07, 6.45) is -0.494. The van der Waals surface area contributed by atoms with Crippen molar-refractivity contribution in [2.24, 2.45) is 4.99 Å². The van der Waals surface area contributed by atoms with Crippen molar-refractivity contribution in [2.75, 3.05) is 10.6 Å². The summed E-state index contributed by atoms with van der Waals surface area (Å²) in [5.41, 5.74) is 1.60. The maximum Gasteiger partial charge on any atom is 0.416 e. The Morgan fingerprint density at radius 1 is 0.938 bits per heavy atom. The number of carbonyl (C=O) groups excluding carboxylic acids is 4. The van der Waals surface area contributed by atoms with Gasteiger partial charge in [-0.25, -0.2) is 4.99 Å². The van der Waals surface area contributed by atoms with E-state index >= 15 is 0 Å². The number of aryl methyl sites for hydroxylation is 1. The number of rotatable bonds is 13. The number of hydrogen-bond donors (Lipinski definition) is 5. The smallest absolute Gasteiger partial charge is 0.366 e. The first-order chi connectivity index (χ1) is 22.7. The number of halogens is 3. The van der Waals surface area contributed by atoms with Crippen molar-refractivity contribution >= 4 is 41.2 Å². The molecule has 0 aromatic heterocycles. The van der Waals surface area contributed by atoms with Gasteiger partial charge in [-0.2, -0.15) is 13.2 Å². The second-order valence-electron chi connectivity index (χ2n) is 10.4. The lowest BCUT2D eigenvalue weighted by Gasteiger charge is -2.14. The predicted octanol–water partition coefficient (Wildman–Crippen LogP) is 5.86. The molecule has 3 aromatic rings. The molecule has 10 nitrogen and oxygen atoms in total. The van der Waals surface area contributed by atoms with Crippen LogP contribution in [0.15, 0.2) is 109 Å². The number of nitrogens with zero attached hydrogens (tertiary/aromatic N) is 1. The Morgan fingerprint density at radius 3 is 2.33 bits per heavy atom. The highest BCUT2D eigenvalue weighted by Crippen LogP contribution is 2.29. The van der Waals surface area contributed by atoms with E-state index in [1.54, 1.807) is 57.2 Å². The van der Waals surface area contributed by atoms with Crippen molar-refractivity contribution in [3.8, 4) is 0 Å². The predicted molar refractivity (Wildman–Crippen MR) is 179 cm³/mol. The Hall–Kier alpha value is -5.98. The molecule has 0 bridgehead atoms. The molecule has 48 heavy (non-hydrogen) atoms. The van der Waals surface area contributed by atoms with Crippen molar-refractivity contribution in [1.82, 2.24) is 16.0 Å². The molecule has 3 aromatic carbocycles. The minimum atomic E-state index is -4.60. The zero-order valence-electron chi connectivity index (χ0n) is 26.5. The Morgan fingerprint density at radius 2 is 1.65 bits per heavy atom. The summed E-state index contributed by atoms with van der Waals surface area (Å²) in [5, 5.41) is 13.5. The molecule has 3 rings (SSSR count). The molecule has 13 heteroatoms. The van der Waals surface area contributed by atoms with Crippen LogP contribution < -0.4 is 26.6 Å². The van der Waals surface area contributed by atoms with Crippen LogP contribution in [-0.4, -0.2) is 35.9 Å². The van der Waals surface area contributed by atoms with Gasteiger partial charge in [-0.3, -0.25) is 19.2 Å². The highest BCUT2D eigenvalue weighted by Gasteiger charge is 2.31. The zero-order valence-corrected chi connectivity index (χ0v) is 26.5. The van der Waals surface area contributed by atoms with Crippen LogP contribution in [0.1, 0.15) is 51.3 Å². The lowest BCUT2D eigenvalue weighted by Crippen LogP contribution is -2.40. The SMILES string of the molecule is C=CC(=O)NC(C)C(=O)Nc1cccc(CNC(=C)/N=C\C(=C/C)NC(=O)c2cc(NC(=O)c3cccc(C(F)(F)F)c3)ccc2C)c1. The minimum absolute atomic E-state index is 0.182. The van der Waals surface area contributed by atoms with Crippen LogP contribution in [0, 0.1) is 6.92 Å². The minimum Gasteiger partial charge on any atom is -0.366 e. The van der Waals surface area contributed by atoms with Gasteiger partial charge in [0.1, 0.15) is 11.9 Å². The fourth-order valence-electron chi connectivity index (χ4n) is 4.11. The van der Waals surface area contributed by atoms with E-state index in [2.05, 4.69) is 44.7 Å². The molecule has 4 amide bonds. The highest BCUT2D eigenvalue weighted by atomic mass is 19.4. The lowest BCUT2D eigenvalue weighted by molar-refractivity contribution is -0.137. The maximum absolute atomic E-state index is 13.1. The van der Waals surface area contributed by atoms with Crippen molar-refractivity contribution < 1.29 is 32.3 Å². The molecule has 250 valence electrons. The van der Waals surface area contributed by atoms with E-state index in [-0.39, 0.29) is 22.6 Å². The number of amides is 4. The van der Waals surface area contributed by atoms with Crippen LogP contribution >= 0.6 is 0 Å². The number of hydrogen-bond acceptors (Lipinski definition) is 6. The summed E-state index contributed by atoms with van der Waals surface area (Å²) < 4.78 is 39.2. The van der Waals surface area contributed by atoms with Crippen molar-refractivity contribution in [3.63, 3.8) is 0 Å².